The van der Waals surface area contributed by atoms with E-state index in [1.807, 2.05) is 17.0 Å². The quantitative estimate of drug-likeness (QED) is 0.671. The predicted molar refractivity (Wildman–Crippen MR) is 114 cm³/mol. The van der Waals surface area contributed by atoms with Crippen LogP contribution in [-0.4, -0.2) is 54.3 Å². The number of aryl methyl sites for hydroxylation is 2. The molecule has 1 aliphatic rings. The van der Waals surface area contributed by atoms with Gasteiger partial charge in [-0.3, -0.25) is 9.59 Å². The number of primary amides is 1. The molecule has 0 unspecified atom stereocenters. The highest BCUT2D eigenvalue weighted by Crippen LogP contribution is 2.20. The van der Waals surface area contributed by atoms with Crippen molar-refractivity contribution in [3.63, 3.8) is 0 Å². The van der Waals surface area contributed by atoms with Crippen LogP contribution in [0.5, 0.6) is 0 Å². The molecule has 156 valence electrons. The number of hydrogen-bond acceptors (Lipinski definition) is 3. The summed E-state index contributed by atoms with van der Waals surface area (Å²) in [5, 5.41) is 0. The molecule has 0 saturated carbocycles. The van der Waals surface area contributed by atoms with Gasteiger partial charge < -0.3 is 15.5 Å². The lowest BCUT2D eigenvalue weighted by molar-refractivity contribution is -0.132. The predicted octanol–water partition coefficient (Wildman–Crippen LogP) is 2.79. The van der Waals surface area contributed by atoms with Crippen LogP contribution < -0.4 is 5.73 Å². The van der Waals surface area contributed by atoms with Gasteiger partial charge in [-0.25, -0.2) is 0 Å². The molecular weight excluding hydrogens is 350 g/mol. The number of carbonyl (C=O) groups excluding carboxylic acids is 2. The van der Waals surface area contributed by atoms with Crippen LogP contribution in [0.4, 0.5) is 0 Å². The number of benzene rings is 1. The van der Waals surface area contributed by atoms with Gasteiger partial charge in [0.05, 0.1) is 6.42 Å². The molecule has 0 atom stereocenters. The van der Waals surface area contributed by atoms with Gasteiger partial charge in [-0.15, -0.1) is 0 Å². The smallest absolute Gasteiger partial charge is 0.222 e. The van der Waals surface area contributed by atoms with E-state index in [0.717, 1.165) is 75.1 Å². The van der Waals surface area contributed by atoms with Gasteiger partial charge in [0.1, 0.15) is 0 Å². The van der Waals surface area contributed by atoms with Crippen molar-refractivity contribution in [3.05, 3.63) is 34.9 Å². The van der Waals surface area contributed by atoms with Crippen LogP contribution in [0.25, 0.3) is 0 Å². The number of nitrogens with two attached hydrogens (primary N) is 1. The zero-order valence-electron chi connectivity index (χ0n) is 17.9. The Morgan fingerprint density at radius 2 is 1.79 bits per heavy atom. The van der Waals surface area contributed by atoms with E-state index in [-0.39, 0.29) is 18.2 Å². The minimum absolute atomic E-state index is 0.264. The van der Waals surface area contributed by atoms with Gasteiger partial charge in [-0.05, 0) is 61.4 Å². The molecule has 0 spiro atoms. The Balaban J connectivity index is 1.82. The minimum Gasteiger partial charge on any atom is -0.369 e. The molecule has 1 aromatic carbocycles. The Kier molecular flexibility index (Phi) is 8.97. The molecule has 0 radical (unpaired) electrons. The molecular formula is C23H37N3O2. The first-order valence-corrected chi connectivity index (χ1v) is 10.9. The van der Waals surface area contributed by atoms with Crippen molar-refractivity contribution in [3.8, 4) is 0 Å². The molecule has 1 aromatic rings. The number of likely N-dealkylation sites (tertiary alicyclic amines) is 1. The Morgan fingerprint density at radius 3 is 2.36 bits per heavy atom. The molecule has 1 fully saturated rings. The second-order valence-electron chi connectivity index (χ2n) is 7.91. The van der Waals surface area contributed by atoms with Crippen LogP contribution in [0.1, 0.15) is 56.7 Å². The summed E-state index contributed by atoms with van der Waals surface area (Å²) in [7, 11) is 0. The van der Waals surface area contributed by atoms with Crippen molar-refractivity contribution in [2.45, 2.75) is 59.3 Å². The van der Waals surface area contributed by atoms with Crippen molar-refractivity contribution < 1.29 is 9.59 Å². The van der Waals surface area contributed by atoms with Gasteiger partial charge in [0.25, 0.3) is 0 Å². The van der Waals surface area contributed by atoms with Gasteiger partial charge >= 0.3 is 0 Å². The molecule has 2 N–H and O–H groups in total. The number of rotatable bonds is 10. The largest absolute Gasteiger partial charge is 0.369 e. The Morgan fingerprint density at radius 1 is 1.11 bits per heavy atom. The normalized spacial score (nSPS) is 15.2. The molecule has 0 bridgehead atoms. The second kappa shape index (κ2) is 11.2. The van der Waals surface area contributed by atoms with Crippen molar-refractivity contribution in [2.75, 3.05) is 32.7 Å². The SMILES string of the molecule is CCc1cc(CCC(=O)N2CCC(CN(CC)CC)CC2)ccc1CC(N)=O. The summed E-state index contributed by atoms with van der Waals surface area (Å²) in [4.78, 5) is 28.4. The molecule has 2 amide bonds. The molecule has 1 saturated heterocycles. The summed E-state index contributed by atoms with van der Waals surface area (Å²) in [6, 6.07) is 6.14. The van der Waals surface area contributed by atoms with Crippen LogP contribution in [0.15, 0.2) is 18.2 Å². The van der Waals surface area contributed by atoms with Gasteiger partial charge in [0, 0.05) is 26.1 Å². The van der Waals surface area contributed by atoms with Gasteiger partial charge in [-0.2, -0.15) is 0 Å². The van der Waals surface area contributed by atoms with Gasteiger partial charge in [0.2, 0.25) is 11.8 Å². The maximum absolute atomic E-state index is 12.6. The summed E-state index contributed by atoms with van der Waals surface area (Å²) < 4.78 is 0. The summed E-state index contributed by atoms with van der Waals surface area (Å²) in [5.41, 5.74) is 8.64. The minimum atomic E-state index is -0.304. The van der Waals surface area contributed by atoms with Crippen molar-refractivity contribution in [2.24, 2.45) is 11.7 Å². The highest BCUT2D eigenvalue weighted by molar-refractivity contribution is 5.77. The van der Waals surface area contributed by atoms with Crippen LogP contribution in [0, 0.1) is 5.92 Å². The number of piperidine rings is 1. The lowest BCUT2D eigenvalue weighted by Gasteiger charge is -2.34. The Bertz CT molecular complexity index is 647. The lowest BCUT2D eigenvalue weighted by Crippen LogP contribution is -2.41. The van der Waals surface area contributed by atoms with E-state index in [0.29, 0.717) is 12.3 Å². The van der Waals surface area contributed by atoms with E-state index in [2.05, 4.69) is 31.7 Å². The fraction of sp³-hybridized carbons (Fsp3) is 0.652. The van der Waals surface area contributed by atoms with E-state index in [9.17, 15) is 9.59 Å². The highest BCUT2D eigenvalue weighted by Gasteiger charge is 2.23. The van der Waals surface area contributed by atoms with Crippen LogP contribution >= 0.6 is 0 Å². The standard InChI is InChI=1S/C23H37N3O2/c1-4-20-15-18(7-9-21(20)16-22(24)27)8-10-23(28)26-13-11-19(12-14-26)17-25(5-2)6-3/h7,9,15,19H,4-6,8,10-14,16-17H2,1-3H3,(H2,24,27). The third-order valence-corrected chi connectivity index (χ3v) is 6.02. The molecule has 28 heavy (non-hydrogen) atoms. The first-order chi connectivity index (χ1) is 13.5. The molecule has 0 aromatic heterocycles. The Hall–Kier alpha value is -1.88. The topological polar surface area (TPSA) is 66.6 Å². The monoisotopic (exact) mass is 387 g/mol. The molecule has 2 rings (SSSR count). The third-order valence-electron chi connectivity index (χ3n) is 6.02. The van der Waals surface area contributed by atoms with Gasteiger partial charge in [-0.1, -0.05) is 39.0 Å². The van der Waals surface area contributed by atoms with E-state index in [1.54, 1.807) is 0 Å². The second-order valence-corrected chi connectivity index (χ2v) is 7.91. The van der Waals surface area contributed by atoms with E-state index in [1.165, 1.54) is 0 Å². The number of carbonyl (C=O) groups is 2. The van der Waals surface area contributed by atoms with Crippen LogP contribution in [-0.2, 0) is 28.9 Å². The average molecular weight is 388 g/mol. The average Bonchev–Trinajstić information content (AvgIpc) is 2.71. The number of hydrogen-bond donors (Lipinski definition) is 1. The number of amides is 2. The summed E-state index contributed by atoms with van der Waals surface area (Å²) >= 11 is 0. The maximum Gasteiger partial charge on any atom is 0.222 e. The zero-order valence-corrected chi connectivity index (χ0v) is 17.9. The third kappa shape index (κ3) is 6.62. The molecule has 0 aliphatic carbocycles. The first-order valence-electron chi connectivity index (χ1n) is 10.9. The molecule has 5 heteroatoms. The van der Waals surface area contributed by atoms with Crippen LogP contribution in [0.3, 0.4) is 0 Å². The lowest BCUT2D eigenvalue weighted by atomic mass is 9.95. The Labute approximate surface area is 170 Å². The fourth-order valence-corrected chi connectivity index (χ4v) is 4.15. The maximum atomic E-state index is 12.6. The summed E-state index contributed by atoms with van der Waals surface area (Å²) in [6.45, 7) is 11.7. The van der Waals surface area contributed by atoms with E-state index >= 15 is 0 Å². The molecule has 1 heterocycles. The van der Waals surface area contributed by atoms with Crippen molar-refractivity contribution >= 4 is 11.8 Å². The van der Waals surface area contributed by atoms with Gasteiger partial charge in [0.15, 0.2) is 0 Å². The highest BCUT2D eigenvalue weighted by atomic mass is 16.2. The molecule has 1 aliphatic heterocycles. The van der Waals surface area contributed by atoms with E-state index in [4.69, 9.17) is 5.73 Å². The van der Waals surface area contributed by atoms with Crippen molar-refractivity contribution in [1.82, 2.24) is 9.80 Å². The summed E-state index contributed by atoms with van der Waals surface area (Å²) in [5.74, 6) is 0.677. The fourth-order valence-electron chi connectivity index (χ4n) is 4.15. The summed E-state index contributed by atoms with van der Waals surface area (Å²) in [6.07, 6.45) is 4.68. The zero-order chi connectivity index (χ0) is 20.5. The van der Waals surface area contributed by atoms with Crippen LogP contribution in [0.2, 0.25) is 0 Å². The molecule has 5 nitrogen and oxygen atoms in total. The van der Waals surface area contributed by atoms with Crippen molar-refractivity contribution in [1.29, 1.82) is 0 Å². The van der Waals surface area contributed by atoms with E-state index < -0.39 is 0 Å². The number of nitrogens with zero attached hydrogens (tertiary/aromatic N) is 2. The first kappa shape index (κ1) is 22.4.